The van der Waals surface area contributed by atoms with Gasteiger partial charge in [-0.05, 0) is 13.0 Å². The van der Waals surface area contributed by atoms with E-state index >= 15 is 0 Å². The normalized spacial score (nSPS) is 9.00. The highest BCUT2D eigenvalue weighted by Crippen LogP contribution is 2.06. The van der Waals surface area contributed by atoms with Crippen molar-refractivity contribution in [2.75, 3.05) is 0 Å². The Balaban J connectivity index is 3.16. The quantitative estimate of drug-likeness (QED) is 0.539. The summed E-state index contributed by atoms with van der Waals surface area (Å²) in [5.74, 6) is 0. The first-order valence-electron chi connectivity index (χ1n) is 2.49. The minimum atomic E-state index is 0.600. The van der Waals surface area contributed by atoms with Crippen LogP contribution >= 0.6 is 11.8 Å². The summed E-state index contributed by atoms with van der Waals surface area (Å²) >= 11 is 5.57. The zero-order valence-corrected chi connectivity index (χ0v) is 5.68. The molecule has 0 saturated carbocycles. The Morgan fingerprint density at radius 1 is 1.78 bits per heavy atom. The van der Waals surface area contributed by atoms with E-state index in [1.807, 2.05) is 13.0 Å². The molecule has 3 heteroatoms. The minimum Gasteiger partial charge on any atom is -0.264 e. The Labute approximate surface area is 58.4 Å². The van der Waals surface area contributed by atoms with Gasteiger partial charge in [0.2, 0.25) is 0 Å². The number of hydrogen-bond acceptors (Lipinski definition) is 1. The van der Waals surface area contributed by atoms with Crippen molar-refractivity contribution in [1.82, 2.24) is 4.09 Å². The Morgan fingerprint density at radius 2 is 2.44 bits per heavy atom. The van der Waals surface area contributed by atoms with Gasteiger partial charge >= 0.3 is 0 Å². The topological polar surface area (TPSA) is 28.7 Å². The molecule has 0 fully saturated rings. The second-order valence-corrected chi connectivity index (χ2v) is 2.16. The number of rotatable bonds is 0. The van der Waals surface area contributed by atoms with E-state index in [-0.39, 0.29) is 0 Å². The molecular formula is C6H5ClN2. The van der Waals surface area contributed by atoms with Gasteiger partial charge in [-0.15, -0.1) is 0 Å². The zero-order valence-electron chi connectivity index (χ0n) is 4.93. The van der Waals surface area contributed by atoms with E-state index in [9.17, 15) is 0 Å². The van der Waals surface area contributed by atoms with Gasteiger partial charge in [-0.25, -0.2) is 0 Å². The van der Waals surface area contributed by atoms with Gasteiger partial charge in [0.1, 0.15) is 6.07 Å². The molecule has 0 aliphatic rings. The van der Waals surface area contributed by atoms with Crippen molar-refractivity contribution in [3.8, 4) is 6.07 Å². The Kier molecular flexibility index (Phi) is 1.46. The molecule has 0 aliphatic heterocycles. The van der Waals surface area contributed by atoms with Gasteiger partial charge in [0.15, 0.2) is 0 Å². The number of aromatic nitrogens is 1. The van der Waals surface area contributed by atoms with E-state index in [0.717, 1.165) is 5.69 Å². The lowest BCUT2D eigenvalue weighted by Crippen LogP contribution is -1.76. The molecule has 0 spiro atoms. The largest absolute Gasteiger partial charge is 0.264 e. The van der Waals surface area contributed by atoms with Crippen LogP contribution in [0.4, 0.5) is 0 Å². The number of nitriles is 1. The lowest BCUT2D eigenvalue weighted by atomic mass is 10.3. The van der Waals surface area contributed by atoms with Gasteiger partial charge in [-0.2, -0.15) is 5.26 Å². The molecule has 1 rings (SSSR count). The predicted octanol–water partition coefficient (Wildman–Crippen LogP) is 1.67. The minimum absolute atomic E-state index is 0.600. The van der Waals surface area contributed by atoms with Crippen LogP contribution in [0.25, 0.3) is 0 Å². The summed E-state index contributed by atoms with van der Waals surface area (Å²) in [6.07, 6.45) is 1.58. The third kappa shape index (κ3) is 1.06. The van der Waals surface area contributed by atoms with Crippen LogP contribution in [0.1, 0.15) is 11.3 Å². The molecule has 0 bridgehead atoms. The van der Waals surface area contributed by atoms with Crippen LogP contribution in [0.5, 0.6) is 0 Å². The summed E-state index contributed by atoms with van der Waals surface area (Å²) in [6.45, 7) is 1.84. The van der Waals surface area contributed by atoms with Crippen LogP contribution in [0.15, 0.2) is 12.3 Å². The Bertz CT molecular complexity index is 237. The zero-order chi connectivity index (χ0) is 6.85. The molecule has 0 N–H and O–H groups in total. The van der Waals surface area contributed by atoms with Crippen molar-refractivity contribution < 1.29 is 0 Å². The molecule has 46 valence electrons. The lowest BCUT2D eigenvalue weighted by Gasteiger charge is -1.85. The van der Waals surface area contributed by atoms with Gasteiger partial charge in [0.25, 0.3) is 0 Å². The van der Waals surface area contributed by atoms with Crippen LogP contribution in [-0.2, 0) is 0 Å². The van der Waals surface area contributed by atoms with Gasteiger partial charge < -0.3 is 0 Å². The van der Waals surface area contributed by atoms with E-state index in [1.54, 1.807) is 12.3 Å². The summed E-state index contributed by atoms with van der Waals surface area (Å²) in [5, 5.41) is 8.35. The third-order valence-electron chi connectivity index (χ3n) is 1.08. The van der Waals surface area contributed by atoms with Crippen LogP contribution in [0.3, 0.4) is 0 Å². The van der Waals surface area contributed by atoms with Crippen molar-refractivity contribution >= 4 is 11.8 Å². The maximum atomic E-state index is 8.35. The van der Waals surface area contributed by atoms with Crippen molar-refractivity contribution in [1.29, 1.82) is 5.26 Å². The number of hydrogen-bond donors (Lipinski definition) is 0. The first-order chi connectivity index (χ1) is 4.24. The molecule has 0 amide bonds. The first-order valence-corrected chi connectivity index (χ1v) is 2.83. The molecule has 0 aliphatic carbocycles. The maximum Gasteiger partial charge on any atom is 0.101 e. The molecular weight excluding hydrogens is 136 g/mol. The molecule has 0 atom stereocenters. The summed E-state index contributed by atoms with van der Waals surface area (Å²) in [6, 6.07) is 3.71. The number of aryl methyl sites for hydroxylation is 1. The molecule has 1 aromatic heterocycles. The molecule has 0 radical (unpaired) electrons. The van der Waals surface area contributed by atoms with Crippen molar-refractivity contribution in [2.24, 2.45) is 0 Å². The van der Waals surface area contributed by atoms with Crippen molar-refractivity contribution in [3.63, 3.8) is 0 Å². The van der Waals surface area contributed by atoms with Gasteiger partial charge in [0.05, 0.1) is 5.56 Å². The van der Waals surface area contributed by atoms with Crippen molar-refractivity contribution in [3.05, 3.63) is 23.5 Å². The van der Waals surface area contributed by atoms with E-state index in [2.05, 4.69) is 0 Å². The van der Waals surface area contributed by atoms with E-state index < -0.39 is 0 Å². The second-order valence-electron chi connectivity index (χ2n) is 1.79. The highest BCUT2D eigenvalue weighted by Gasteiger charge is 1.96. The molecule has 9 heavy (non-hydrogen) atoms. The fraction of sp³-hybridized carbons (Fsp3) is 0.167. The van der Waals surface area contributed by atoms with Crippen molar-refractivity contribution in [2.45, 2.75) is 6.92 Å². The first kappa shape index (κ1) is 6.18. The van der Waals surface area contributed by atoms with Crippen LogP contribution < -0.4 is 0 Å². The second kappa shape index (κ2) is 2.12. The van der Waals surface area contributed by atoms with Crippen LogP contribution in [0.2, 0.25) is 0 Å². The highest BCUT2D eigenvalue weighted by molar-refractivity contribution is 6.15. The molecule has 0 saturated heterocycles. The average molecular weight is 141 g/mol. The number of nitrogens with zero attached hydrogens (tertiary/aromatic N) is 2. The van der Waals surface area contributed by atoms with Gasteiger partial charge in [-0.1, -0.05) is 0 Å². The SMILES string of the molecule is Cc1cc(C#N)cn1Cl. The fourth-order valence-corrected chi connectivity index (χ4v) is 0.763. The standard InChI is InChI=1S/C6H5ClN2/c1-5-2-6(3-8)4-9(5)7/h2,4H,1H3. The van der Waals surface area contributed by atoms with Crippen LogP contribution in [-0.4, -0.2) is 4.09 Å². The van der Waals surface area contributed by atoms with Crippen LogP contribution in [0, 0.1) is 18.3 Å². The maximum absolute atomic E-state index is 8.35. The summed E-state index contributed by atoms with van der Waals surface area (Å²) in [5.41, 5.74) is 1.48. The summed E-state index contributed by atoms with van der Waals surface area (Å²) < 4.78 is 1.40. The molecule has 0 unspecified atom stereocenters. The summed E-state index contributed by atoms with van der Waals surface area (Å²) in [4.78, 5) is 0. The Hall–Kier alpha value is -0.940. The lowest BCUT2D eigenvalue weighted by molar-refractivity contribution is 1.16. The monoisotopic (exact) mass is 140 g/mol. The van der Waals surface area contributed by atoms with Gasteiger partial charge in [-0.3, -0.25) is 4.09 Å². The smallest absolute Gasteiger partial charge is 0.101 e. The Morgan fingerprint density at radius 3 is 2.67 bits per heavy atom. The van der Waals surface area contributed by atoms with E-state index in [4.69, 9.17) is 17.0 Å². The fourth-order valence-electron chi connectivity index (χ4n) is 0.609. The van der Waals surface area contributed by atoms with E-state index in [1.165, 1.54) is 4.09 Å². The molecule has 1 aromatic rings. The molecule has 0 aromatic carbocycles. The average Bonchev–Trinajstić information content (AvgIpc) is 2.13. The molecule has 1 heterocycles. The molecule has 2 nitrogen and oxygen atoms in total. The highest BCUT2D eigenvalue weighted by atomic mass is 35.5. The predicted molar refractivity (Wildman–Crippen MR) is 35.1 cm³/mol. The number of halogens is 1. The van der Waals surface area contributed by atoms with Gasteiger partial charge in [0, 0.05) is 23.7 Å². The third-order valence-corrected chi connectivity index (χ3v) is 1.45. The summed E-state index contributed by atoms with van der Waals surface area (Å²) in [7, 11) is 0. The van der Waals surface area contributed by atoms with E-state index in [0.29, 0.717) is 5.56 Å².